The zero-order chi connectivity index (χ0) is 11.1. The molecule has 6 nitrogen and oxygen atoms in total. The number of hydrogen-bond acceptors (Lipinski definition) is 4. The van der Waals surface area contributed by atoms with Crippen molar-refractivity contribution in [3.63, 3.8) is 0 Å². The molecule has 0 bridgehead atoms. The highest BCUT2D eigenvalue weighted by molar-refractivity contribution is 5.90. The summed E-state index contributed by atoms with van der Waals surface area (Å²) >= 11 is 0. The minimum atomic E-state index is -0.360. The van der Waals surface area contributed by atoms with E-state index in [-0.39, 0.29) is 18.1 Å². The maximum Gasteiger partial charge on any atom is 0.348 e. The molecule has 1 aromatic carbocycles. The molecule has 0 saturated heterocycles. The van der Waals surface area contributed by atoms with Crippen LogP contribution in [-0.4, -0.2) is 24.7 Å². The van der Waals surface area contributed by atoms with Crippen molar-refractivity contribution in [1.82, 2.24) is 19.6 Å². The molecular formula is C10H8N4O2. The minimum Gasteiger partial charge on any atom is -0.388 e. The number of nitrogens with zero attached hydrogens (tertiary/aromatic N) is 3. The molecule has 0 saturated carbocycles. The molecular weight excluding hydrogens is 208 g/mol. The Bertz CT molecular complexity index is 728. The first-order valence-electron chi connectivity index (χ1n) is 4.77. The summed E-state index contributed by atoms with van der Waals surface area (Å²) in [5.74, 6) is 0.238. The summed E-state index contributed by atoms with van der Waals surface area (Å²) in [5, 5.41) is 13.6. The second-order valence-corrected chi connectivity index (χ2v) is 3.40. The van der Waals surface area contributed by atoms with Crippen molar-refractivity contribution in [3.8, 4) is 0 Å². The highest BCUT2D eigenvalue weighted by atomic mass is 16.3. The van der Waals surface area contributed by atoms with Gasteiger partial charge in [-0.2, -0.15) is 4.52 Å². The van der Waals surface area contributed by atoms with E-state index < -0.39 is 0 Å². The summed E-state index contributed by atoms with van der Waals surface area (Å²) in [6, 6.07) is 7.33. The van der Waals surface area contributed by atoms with Gasteiger partial charge in [0.15, 0.2) is 11.5 Å². The van der Waals surface area contributed by atoms with Gasteiger partial charge in [0, 0.05) is 5.39 Å². The number of benzene rings is 1. The van der Waals surface area contributed by atoms with Crippen LogP contribution in [0.4, 0.5) is 0 Å². The summed E-state index contributed by atoms with van der Waals surface area (Å²) < 4.78 is 1.16. The molecule has 80 valence electrons. The summed E-state index contributed by atoms with van der Waals surface area (Å²) in [6.45, 7) is -0.282. The molecule has 2 aromatic heterocycles. The molecule has 2 N–H and O–H groups in total. The average molecular weight is 216 g/mol. The number of hydrogen-bond donors (Lipinski definition) is 2. The van der Waals surface area contributed by atoms with Crippen LogP contribution >= 0.6 is 0 Å². The van der Waals surface area contributed by atoms with Crippen LogP contribution in [0.1, 0.15) is 5.82 Å². The molecule has 2 heterocycles. The molecule has 16 heavy (non-hydrogen) atoms. The standard InChI is InChI=1S/C10H8N4O2/c15-5-8-12-9-6-3-1-2-4-7(6)11-10(16)14(9)13-8/h1-4,15H,5H2,(H,11,16). The average Bonchev–Trinajstić information content (AvgIpc) is 2.74. The smallest absolute Gasteiger partial charge is 0.348 e. The third-order valence-corrected chi connectivity index (χ3v) is 2.39. The van der Waals surface area contributed by atoms with Gasteiger partial charge in [0.25, 0.3) is 0 Å². The lowest BCUT2D eigenvalue weighted by molar-refractivity contribution is 0.271. The van der Waals surface area contributed by atoms with Crippen molar-refractivity contribution in [2.45, 2.75) is 6.61 Å². The Hall–Kier alpha value is -2.21. The Kier molecular flexibility index (Phi) is 1.78. The van der Waals surface area contributed by atoms with Gasteiger partial charge in [-0.05, 0) is 12.1 Å². The third kappa shape index (κ3) is 1.13. The first kappa shape index (κ1) is 9.05. The van der Waals surface area contributed by atoms with Gasteiger partial charge in [-0.25, -0.2) is 9.78 Å². The van der Waals surface area contributed by atoms with Gasteiger partial charge in [-0.3, -0.25) is 0 Å². The highest BCUT2D eigenvalue weighted by Crippen LogP contribution is 2.13. The zero-order valence-electron chi connectivity index (χ0n) is 8.21. The number of aromatic amines is 1. The van der Waals surface area contributed by atoms with Crippen molar-refractivity contribution in [2.24, 2.45) is 0 Å². The Morgan fingerprint density at radius 2 is 2.19 bits per heavy atom. The van der Waals surface area contributed by atoms with E-state index in [1.54, 1.807) is 6.07 Å². The first-order chi connectivity index (χ1) is 7.79. The van der Waals surface area contributed by atoms with Crippen LogP contribution in [0.3, 0.4) is 0 Å². The Labute approximate surface area is 89.2 Å². The number of rotatable bonds is 1. The van der Waals surface area contributed by atoms with Crippen molar-refractivity contribution in [2.75, 3.05) is 0 Å². The second kappa shape index (κ2) is 3.14. The Morgan fingerprint density at radius 3 is 3.00 bits per heavy atom. The van der Waals surface area contributed by atoms with E-state index >= 15 is 0 Å². The van der Waals surface area contributed by atoms with Gasteiger partial charge in [-0.1, -0.05) is 12.1 Å². The normalized spacial score (nSPS) is 11.3. The van der Waals surface area contributed by atoms with Gasteiger partial charge in [0.05, 0.1) is 5.52 Å². The Morgan fingerprint density at radius 1 is 1.38 bits per heavy atom. The van der Waals surface area contributed by atoms with Crippen LogP contribution < -0.4 is 5.69 Å². The molecule has 0 radical (unpaired) electrons. The third-order valence-electron chi connectivity index (χ3n) is 2.39. The van der Waals surface area contributed by atoms with Crippen LogP contribution in [0, 0.1) is 0 Å². The van der Waals surface area contributed by atoms with Crippen molar-refractivity contribution < 1.29 is 5.11 Å². The molecule has 0 amide bonds. The van der Waals surface area contributed by atoms with Crippen molar-refractivity contribution in [1.29, 1.82) is 0 Å². The van der Waals surface area contributed by atoms with E-state index in [1.807, 2.05) is 18.2 Å². The van der Waals surface area contributed by atoms with Crippen LogP contribution in [-0.2, 0) is 6.61 Å². The van der Waals surface area contributed by atoms with Crippen molar-refractivity contribution >= 4 is 16.6 Å². The van der Waals surface area contributed by atoms with Gasteiger partial charge >= 0.3 is 5.69 Å². The summed E-state index contributed by atoms with van der Waals surface area (Å²) in [6.07, 6.45) is 0. The zero-order valence-corrected chi connectivity index (χ0v) is 8.21. The van der Waals surface area contributed by atoms with E-state index in [0.717, 1.165) is 9.90 Å². The number of aliphatic hydroxyl groups excluding tert-OH is 1. The predicted octanol–water partition coefficient (Wildman–Crippen LogP) is 0.0631. The van der Waals surface area contributed by atoms with E-state index in [2.05, 4.69) is 15.1 Å². The lowest BCUT2D eigenvalue weighted by Gasteiger charge is -1.97. The fourth-order valence-corrected chi connectivity index (χ4v) is 1.69. The quantitative estimate of drug-likeness (QED) is 0.602. The number of H-pyrrole nitrogens is 1. The minimum absolute atomic E-state index is 0.238. The fraction of sp³-hybridized carbons (Fsp3) is 0.100. The summed E-state index contributed by atoms with van der Waals surface area (Å²) in [5.41, 5.74) is 0.807. The molecule has 0 aliphatic carbocycles. The van der Waals surface area contributed by atoms with Crippen LogP contribution in [0.2, 0.25) is 0 Å². The molecule has 3 rings (SSSR count). The van der Waals surface area contributed by atoms with E-state index in [4.69, 9.17) is 5.11 Å². The topological polar surface area (TPSA) is 83.3 Å². The molecule has 0 aliphatic rings. The molecule has 0 aliphatic heterocycles. The monoisotopic (exact) mass is 216 g/mol. The van der Waals surface area contributed by atoms with Crippen LogP contribution in [0.25, 0.3) is 16.6 Å². The largest absolute Gasteiger partial charge is 0.388 e. The number of aromatic nitrogens is 4. The van der Waals surface area contributed by atoms with Gasteiger partial charge in [0.2, 0.25) is 0 Å². The first-order valence-corrected chi connectivity index (χ1v) is 4.77. The Balaban J connectivity index is 2.57. The lowest BCUT2D eigenvalue weighted by atomic mass is 10.2. The van der Waals surface area contributed by atoms with E-state index in [0.29, 0.717) is 11.2 Å². The summed E-state index contributed by atoms with van der Waals surface area (Å²) in [4.78, 5) is 18.4. The van der Waals surface area contributed by atoms with Gasteiger partial charge in [-0.15, -0.1) is 5.10 Å². The molecule has 6 heteroatoms. The van der Waals surface area contributed by atoms with Crippen LogP contribution in [0.15, 0.2) is 29.1 Å². The fourth-order valence-electron chi connectivity index (χ4n) is 1.69. The maximum atomic E-state index is 11.6. The molecule has 3 aromatic rings. The summed E-state index contributed by atoms with van der Waals surface area (Å²) in [7, 11) is 0. The maximum absolute atomic E-state index is 11.6. The van der Waals surface area contributed by atoms with Crippen LogP contribution in [0.5, 0.6) is 0 Å². The molecule has 0 atom stereocenters. The number of fused-ring (bicyclic) bond motifs is 3. The predicted molar refractivity (Wildman–Crippen MR) is 57.0 cm³/mol. The van der Waals surface area contributed by atoms with Gasteiger partial charge < -0.3 is 10.1 Å². The molecule has 0 fully saturated rings. The van der Waals surface area contributed by atoms with E-state index in [9.17, 15) is 4.79 Å². The number of nitrogens with one attached hydrogen (secondary N) is 1. The lowest BCUT2D eigenvalue weighted by Crippen LogP contribution is -2.17. The highest BCUT2D eigenvalue weighted by Gasteiger charge is 2.09. The number of aliphatic hydroxyl groups is 1. The van der Waals surface area contributed by atoms with Crippen molar-refractivity contribution in [3.05, 3.63) is 40.6 Å². The second-order valence-electron chi connectivity index (χ2n) is 3.40. The molecule has 0 unspecified atom stereocenters. The van der Waals surface area contributed by atoms with E-state index in [1.165, 1.54) is 0 Å². The SMILES string of the molecule is O=c1[nH]c2ccccc2c2nc(CO)nn12. The molecule has 0 spiro atoms. The number of para-hydroxylation sites is 1. The van der Waals surface area contributed by atoms with Gasteiger partial charge in [0.1, 0.15) is 6.61 Å².